The van der Waals surface area contributed by atoms with Crippen LogP contribution in [0.15, 0.2) is 71.6 Å². The lowest BCUT2D eigenvalue weighted by molar-refractivity contribution is -0.121. The highest BCUT2D eigenvalue weighted by molar-refractivity contribution is 7.90. The molecular formula is C23H19F2N3O3S. The first-order valence-corrected chi connectivity index (χ1v) is 11.6. The molecule has 0 bridgehead atoms. The van der Waals surface area contributed by atoms with Crippen LogP contribution in [-0.4, -0.2) is 30.1 Å². The summed E-state index contributed by atoms with van der Waals surface area (Å²) in [5.74, 6) is -1.15. The molecule has 4 rings (SSSR count). The number of sulfone groups is 1. The fourth-order valence-electron chi connectivity index (χ4n) is 3.38. The molecule has 9 heteroatoms. The summed E-state index contributed by atoms with van der Waals surface area (Å²) in [5, 5.41) is 2.59. The largest absolute Gasteiger partial charge is 0.350 e. The van der Waals surface area contributed by atoms with Gasteiger partial charge in [0, 0.05) is 23.9 Å². The molecule has 1 N–H and O–H groups in total. The highest BCUT2D eigenvalue weighted by Crippen LogP contribution is 2.26. The fourth-order valence-corrected chi connectivity index (χ4v) is 4.02. The van der Waals surface area contributed by atoms with Crippen molar-refractivity contribution in [2.75, 3.05) is 6.26 Å². The highest BCUT2D eigenvalue weighted by atomic mass is 32.2. The molecule has 3 aromatic carbocycles. The molecule has 1 aromatic heterocycles. The van der Waals surface area contributed by atoms with Crippen molar-refractivity contribution in [3.63, 3.8) is 0 Å². The summed E-state index contributed by atoms with van der Waals surface area (Å²) >= 11 is 0. The third kappa shape index (κ3) is 4.52. The van der Waals surface area contributed by atoms with Gasteiger partial charge in [-0.1, -0.05) is 30.3 Å². The number of imidazole rings is 1. The Morgan fingerprint density at radius 3 is 2.50 bits per heavy atom. The van der Waals surface area contributed by atoms with E-state index in [9.17, 15) is 22.0 Å². The number of fused-ring (bicyclic) bond motifs is 1. The van der Waals surface area contributed by atoms with Crippen LogP contribution in [0.25, 0.3) is 22.4 Å². The van der Waals surface area contributed by atoms with Crippen molar-refractivity contribution in [2.24, 2.45) is 0 Å². The van der Waals surface area contributed by atoms with Crippen molar-refractivity contribution in [2.45, 2.75) is 18.0 Å². The molecule has 0 aliphatic heterocycles. The Hall–Kier alpha value is -3.59. The number of nitrogens with one attached hydrogen (secondary N) is 1. The first kappa shape index (κ1) is 21.6. The molecule has 1 heterocycles. The van der Waals surface area contributed by atoms with Gasteiger partial charge >= 0.3 is 0 Å². The van der Waals surface area contributed by atoms with Crippen molar-refractivity contribution in [1.82, 2.24) is 14.9 Å². The number of carbonyl (C=O) groups excluding carboxylic acids is 1. The molecule has 0 saturated carbocycles. The van der Waals surface area contributed by atoms with Crippen LogP contribution in [0.2, 0.25) is 0 Å². The fraction of sp³-hybridized carbons (Fsp3) is 0.130. The van der Waals surface area contributed by atoms with E-state index in [0.29, 0.717) is 16.9 Å². The van der Waals surface area contributed by atoms with Gasteiger partial charge in [0.25, 0.3) is 0 Å². The third-order valence-corrected chi connectivity index (χ3v) is 6.08. The molecule has 6 nitrogen and oxygen atoms in total. The Bertz CT molecular complexity index is 1420. The monoisotopic (exact) mass is 455 g/mol. The van der Waals surface area contributed by atoms with E-state index in [-0.39, 0.29) is 23.5 Å². The van der Waals surface area contributed by atoms with Crippen molar-refractivity contribution < 1.29 is 22.0 Å². The van der Waals surface area contributed by atoms with Gasteiger partial charge in [0.15, 0.2) is 9.84 Å². The Kier molecular flexibility index (Phi) is 5.75. The quantitative estimate of drug-likeness (QED) is 0.481. The van der Waals surface area contributed by atoms with E-state index >= 15 is 0 Å². The Morgan fingerprint density at radius 2 is 1.78 bits per heavy atom. The molecular weight excluding hydrogens is 436 g/mol. The van der Waals surface area contributed by atoms with E-state index in [4.69, 9.17) is 0 Å². The lowest BCUT2D eigenvalue weighted by atomic mass is 10.2. The van der Waals surface area contributed by atoms with Gasteiger partial charge in [-0.3, -0.25) is 4.79 Å². The lowest BCUT2D eigenvalue weighted by Crippen LogP contribution is -2.27. The van der Waals surface area contributed by atoms with Gasteiger partial charge in [-0.2, -0.15) is 0 Å². The number of rotatable bonds is 6. The standard InChI is InChI=1S/C23H19F2N3O3S/c1-32(30,31)18-8-10-21-20(12-18)27-23(15-5-3-2-4-6-15)28(21)14-22(29)26-13-16-11-17(24)7-9-19(16)25/h2-12H,13-14H2,1H3,(H,26,29). The van der Waals surface area contributed by atoms with Crippen LogP contribution in [-0.2, 0) is 27.7 Å². The maximum atomic E-state index is 13.8. The summed E-state index contributed by atoms with van der Waals surface area (Å²) in [5.41, 5.74) is 1.78. The van der Waals surface area contributed by atoms with Crippen LogP contribution >= 0.6 is 0 Å². The number of benzene rings is 3. The number of carbonyl (C=O) groups is 1. The number of hydrogen-bond acceptors (Lipinski definition) is 4. The van der Waals surface area contributed by atoms with Gasteiger partial charge in [0.1, 0.15) is 24.0 Å². The SMILES string of the molecule is CS(=O)(=O)c1ccc2c(c1)nc(-c1ccccc1)n2CC(=O)NCc1cc(F)ccc1F. The van der Waals surface area contributed by atoms with E-state index in [2.05, 4.69) is 10.3 Å². The third-order valence-electron chi connectivity index (χ3n) is 4.97. The Labute approximate surface area is 183 Å². The number of amides is 1. The van der Waals surface area contributed by atoms with Gasteiger partial charge in [-0.05, 0) is 36.4 Å². The van der Waals surface area contributed by atoms with Crippen LogP contribution in [0.3, 0.4) is 0 Å². The predicted molar refractivity (Wildman–Crippen MR) is 116 cm³/mol. The number of halogens is 2. The van der Waals surface area contributed by atoms with E-state index in [1.165, 1.54) is 12.1 Å². The second kappa shape index (κ2) is 8.51. The van der Waals surface area contributed by atoms with Crippen LogP contribution in [0.1, 0.15) is 5.56 Å². The maximum absolute atomic E-state index is 13.8. The molecule has 0 fully saturated rings. The Balaban J connectivity index is 1.68. The molecule has 0 aliphatic carbocycles. The van der Waals surface area contributed by atoms with Crippen molar-refractivity contribution in [3.05, 3.63) is 83.9 Å². The summed E-state index contributed by atoms with van der Waals surface area (Å²) < 4.78 is 52.7. The minimum atomic E-state index is -3.43. The Morgan fingerprint density at radius 1 is 1.03 bits per heavy atom. The van der Waals surface area contributed by atoms with Gasteiger partial charge in [0.2, 0.25) is 5.91 Å². The van der Waals surface area contributed by atoms with E-state index < -0.39 is 27.4 Å². The maximum Gasteiger partial charge on any atom is 0.240 e. The number of hydrogen-bond donors (Lipinski definition) is 1. The zero-order chi connectivity index (χ0) is 22.9. The first-order chi connectivity index (χ1) is 15.2. The summed E-state index contributed by atoms with van der Waals surface area (Å²) in [4.78, 5) is 17.3. The second-order valence-corrected chi connectivity index (χ2v) is 9.34. The molecule has 0 radical (unpaired) electrons. The molecule has 0 saturated heterocycles. The van der Waals surface area contributed by atoms with E-state index in [1.807, 2.05) is 30.3 Å². The molecule has 164 valence electrons. The average Bonchev–Trinajstić information content (AvgIpc) is 3.12. The summed E-state index contributed by atoms with van der Waals surface area (Å²) in [6.07, 6.45) is 1.11. The minimum Gasteiger partial charge on any atom is -0.350 e. The van der Waals surface area contributed by atoms with Crippen molar-refractivity contribution in [3.8, 4) is 11.4 Å². The van der Waals surface area contributed by atoms with Crippen molar-refractivity contribution >= 4 is 26.8 Å². The predicted octanol–water partition coefficient (Wildman–Crippen LogP) is 3.70. The molecule has 4 aromatic rings. The van der Waals surface area contributed by atoms with E-state index in [0.717, 1.165) is 30.0 Å². The van der Waals surface area contributed by atoms with Crippen LogP contribution in [0, 0.1) is 11.6 Å². The lowest BCUT2D eigenvalue weighted by Gasteiger charge is -2.11. The summed E-state index contributed by atoms with van der Waals surface area (Å²) in [6.45, 7) is -0.316. The molecule has 0 atom stereocenters. The average molecular weight is 455 g/mol. The number of nitrogens with zero attached hydrogens (tertiary/aromatic N) is 2. The number of aromatic nitrogens is 2. The zero-order valence-corrected chi connectivity index (χ0v) is 17.9. The molecule has 1 amide bonds. The van der Waals surface area contributed by atoms with Gasteiger partial charge < -0.3 is 9.88 Å². The van der Waals surface area contributed by atoms with Gasteiger partial charge in [-0.25, -0.2) is 22.2 Å². The van der Waals surface area contributed by atoms with Gasteiger partial charge in [0.05, 0.1) is 15.9 Å². The molecule has 32 heavy (non-hydrogen) atoms. The first-order valence-electron chi connectivity index (χ1n) is 9.69. The minimum absolute atomic E-state index is 0.0370. The van der Waals surface area contributed by atoms with Crippen LogP contribution in [0.5, 0.6) is 0 Å². The normalized spacial score (nSPS) is 11.6. The summed E-state index contributed by atoms with van der Waals surface area (Å²) in [6, 6.07) is 16.7. The van der Waals surface area contributed by atoms with Gasteiger partial charge in [-0.15, -0.1) is 0 Å². The molecule has 0 unspecified atom stereocenters. The summed E-state index contributed by atoms with van der Waals surface area (Å²) in [7, 11) is -3.43. The zero-order valence-electron chi connectivity index (χ0n) is 17.0. The van der Waals surface area contributed by atoms with E-state index in [1.54, 1.807) is 10.6 Å². The molecule has 0 spiro atoms. The second-order valence-electron chi connectivity index (χ2n) is 7.32. The smallest absolute Gasteiger partial charge is 0.240 e. The van der Waals surface area contributed by atoms with Crippen LogP contribution in [0.4, 0.5) is 8.78 Å². The molecule has 0 aliphatic rings. The topological polar surface area (TPSA) is 81.1 Å². The van der Waals surface area contributed by atoms with Crippen LogP contribution < -0.4 is 5.32 Å². The van der Waals surface area contributed by atoms with Crippen molar-refractivity contribution in [1.29, 1.82) is 0 Å². The highest BCUT2D eigenvalue weighted by Gasteiger charge is 2.18.